The number of ether oxygens (including phenoxy) is 1. The summed E-state index contributed by atoms with van der Waals surface area (Å²) in [6.45, 7) is 0.670. The van der Waals surface area contributed by atoms with Gasteiger partial charge in [0.05, 0.1) is 24.7 Å². The minimum atomic E-state index is 0.232. The Bertz CT molecular complexity index is 322. The minimum Gasteiger partial charge on any atom is -0.373 e. The highest BCUT2D eigenvalue weighted by molar-refractivity contribution is 5.13. The minimum absolute atomic E-state index is 0.232. The van der Waals surface area contributed by atoms with E-state index in [9.17, 15) is 0 Å². The summed E-state index contributed by atoms with van der Waals surface area (Å²) < 4.78 is 5.64. The molecule has 0 radical (unpaired) electrons. The molecule has 1 saturated carbocycles. The molecule has 0 amide bonds. The Labute approximate surface area is 84.1 Å². The number of benzene rings is 1. The average Bonchev–Trinajstić information content (AvgIpc) is 2.17. The van der Waals surface area contributed by atoms with E-state index in [1.165, 1.54) is 5.56 Å². The monoisotopic (exact) mass is 187 g/mol. The van der Waals surface area contributed by atoms with E-state index in [1.54, 1.807) is 0 Å². The third-order valence-electron chi connectivity index (χ3n) is 2.61. The van der Waals surface area contributed by atoms with E-state index in [0.29, 0.717) is 12.7 Å². The highest BCUT2D eigenvalue weighted by atomic mass is 16.5. The summed E-state index contributed by atoms with van der Waals surface area (Å²) in [5, 5.41) is 8.58. The third kappa shape index (κ3) is 2.12. The number of hydrogen-bond donors (Lipinski definition) is 0. The SMILES string of the molecule is N#CC1CC(OCc2ccccc2)C1. The van der Waals surface area contributed by atoms with Crippen LogP contribution in [0.3, 0.4) is 0 Å². The molecule has 0 atom stereocenters. The Hall–Kier alpha value is -1.33. The van der Waals surface area contributed by atoms with Gasteiger partial charge in [-0.15, -0.1) is 0 Å². The Morgan fingerprint density at radius 2 is 2.00 bits per heavy atom. The van der Waals surface area contributed by atoms with Gasteiger partial charge in [0.2, 0.25) is 0 Å². The molecule has 72 valence electrons. The summed E-state index contributed by atoms with van der Waals surface area (Å²) in [6, 6.07) is 12.4. The maximum Gasteiger partial charge on any atom is 0.0720 e. The standard InChI is InChI=1S/C12H13NO/c13-8-11-6-12(7-11)14-9-10-4-2-1-3-5-10/h1-5,11-12H,6-7,9H2. The highest BCUT2D eigenvalue weighted by Gasteiger charge is 2.29. The zero-order valence-electron chi connectivity index (χ0n) is 8.02. The predicted molar refractivity (Wildman–Crippen MR) is 53.4 cm³/mol. The summed E-state index contributed by atoms with van der Waals surface area (Å²) in [6.07, 6.45) is 2.12. The lowest BCUT2D eigenvalue weighted by Crippen LogP contribution is -2.30. The largest absolute Gasteiger partial charge is 0.373 e. The van der Waals surface area contributed by atoms with Gasteiger partial charge in [-0.05, 0) is 18.4 Å². The zero-order chi connectivity index (χ0) is 9.80. The lowest BCUT2D eigenvalue weighted by molar-refractivity contribution is -0.0265. The van der Waals surface area contributed by atoms with Crippen LogP contribution in [0.25, 0.3) is 0 Å². The first-order valence-corrected chi connectivity index (χ1v) is 4.93. The Morgan fingerprint density at radius 3 is 2.64 bits per heavy atom. The molecule has 0 aromatic heterocycles. The van der Waals surface area contributed by atoms with Crippen molar-refractivity contribution in [2.24, 2.45) is 5.92 Å². The molecule has 0 unspecified atom stereocenters. The summed E-state index contributed by atoms with van der Waals surface area (Å²) in [7, 11) is 0. The zero-order valence-corrected chi connectivity index (χ0v) is 8.02. The fraction of sp³-hybridized carbons (Fsp3) is 0.417. The van der Waals surface area contributed by atoms with Crippen molar-refractivity contribution in [3.8, 4) is 6.07 Å². The highest BCUT2D eigenvalue weighted by Crippen LogP contribution is 2.29. The van der Waals surface area contributed by atoms with Gasteiger partial charge in [0, 0.05) is 0 Å². The summed E-state index contributed by atoms with van der Waals surface area (Å²) in [5.41, 5.74) is 1.20. The van der Waals surface area contributed by atoms with Crippen LogP contribution in [0, 0.1) is 17.2 Å². The van der Waals surface area contributed by atoms with Gasteiger partial charge in [0.25, 0.3) is 0 Å². The van der Waals surface area contributed by atoms with Crippen LogP contribution >= 0.6 is 0 Å². The van der Waals surface area contributed by atoms with Gasteiger partial charge >= 0.3 is 0 Å². The fourth-order valence-corrected chi connectivity index (χ4v) is 1.60. The number of nitrogens with zero attached hydrogens (tertiary/aromatic N) is 1. The molecule has 1 aliphatic carbocycles. The van der Waals surface area contributed by atoms with Gasteiger partial charge in [0.15, 0.2) is 0 Å². The Morgan fingerprint density at radius 1 is 1.29 bits per heavy atom. The molecule has 0 spiro atoms. The van der Waals surface area contributed by atoms with E-state index in [0.717, 1.165) is 12.8 Å². The Balaban J connectivity index is 1.72. The molecule has 2 rings (SSSR count). The van der Waals surface area contributed by atoms with Crippen LogP contribution in [0.5, 0.6) is 0 Å². The number of hydrogen-bond acceptors (Lipinski definition) is 2. The molecule has 2 nitrogen and oxygen atoms in total. The van der Waals surface area contributed by atoms with Gasteiger partial charge < -0.3 is 4.74 Å². The van der Waals surface area contributed by atoms with Gasteiger partial charge in [0.1, 0.15) is 0 Å². The molecule has 1 aromatic carbocycles. The van der Waals surface area contributed by atoms with E-state index in [1.807, 2.05) is 18.2 Å². The lowest BCUT2D eigenvalue weighted by atomic mass is 9.83. The molecule has 14 heavy (non-hydrogen) atoms. The molecule has 0 saturated heterocycles. The summed E-state index contributed by atoms with van der Waals surface area (Å²) >= 11 is 0. The van der Waals surface area contributed by atoms with E-state index in [4.69, 9.17) is 10.00 Å². The van der Waals surface area contributed by atoms with Crippen LogP contribution in [-0.2, 0) is 11.3 Å². The first kappa shape index (κ1) is 9.23. The topological polar surface area (TPSA) is 33.0 Å². The van der Waals surface area contributed by atoms with Crippen molar-refractivity contribution in [2.75, 3.05) is 0 Å². The van der Waals surface area contributed by atoms with Gasteiger partial charge in [-0.1, -0.05) is 30.3 Å². The van der Waals surface area contributed by atoms with Crippen molar-refractivity contribution in [1.82, 2.24) is 0 Å². The Kier molecular flexibility index (Phi) is 2.81. The van der Waals surface area contributed by atoms with Crippen LogP contribution < -0.4 is 0 Å². The summed E-state index contributed by atoms with van der Waals surface area (Å²) in [5.74, 6) is 0.232. The van der Waals surface area contributed by atoms with Gasteiger partial charge in [-0.25, -0.2) is 0 Å². The van der Waals surface area contributed by atoms with E-state index in [2.05, 4.69) is 18.2 Å². The van der Waals surface area contributed by atoms with Crippen LogP contribution in [0.4, 0.5) is 0 Å². The lowest BCUT2D eigenvalue weighted by Gasteiger charge is -2.30. The maximum absolute atomic E-state index is 8.58. The van der Waals surface area contributed by atoms with Crippen molar-refractivity contribution in [3.05, 3.63) is 35.9 Å². The van der Waals surface area contributed by atoms with Crippen LogP contribution in [0.1, 0.15) is 18.4 Å². The van der Waals surface area contributed by atoms with E-state index >= 15 is 0 Å². The first-order valence-electron chi connectivity index (χ1n) is 4.93. The van der Waals surface area contributed by atoms with Crippen molar-refractivity contribution in [2.45, 2.75) is 25.6 Å². The first-order chi connectivity index (χ1) is 6.88. The number of rotatable bonds is 3. The molecule has 1 aliphatic rings. The van der Waals surface area contributed by atoms with Crippen LogP contribution in [0.15, 0.2) is 30.3 Å². The predicted octanol–water partition coefficient (Wildman–Crippen LogP) is 2.51. The van der Waals surface area contributed by atoms with Crippen molar-refractivity contribution >= 4 is 0 Å². The molecular weight excluding hydrogens is 174 g/mol. The van der Waals surface area contributed by atoms with Gasteiger partial charge in [-0.2, -0.15) is 5.26 Å². The third-order valence-corrected chi connectivity index (χ3v) is 2.61. The van der Waals surface area contributed by atoms with Crippen LogP contribution in [0.2, 0.25) is 0 Å². The molecule has 1 fully saturated rings. The molecular formula is C12H13NO. The van der Waals surface area contributed by atoms with E-state index in [-0.39, 0.29) is 5.92 Å². The smallest absolute Gasteiger partial charge is 0.0720 e. The molecule has 0 bridgehead atoms. The van der Waals surface area contributed by atoms with E-state index < -0.39 is 0 Å². The normalized spacial score (nSPS) is 25.1. The quantitative estimate of drug-likeness (QED) is 0.728. The second kappa shape index (κ2) is 4.26. The second-order valence-corrected chi connectivity index (χ2v) is 3.72. The average molecular weight is 187 g/mol. The molecule has 0 heterocycles. The van der Waals surface area contributed by atoms with Crippen molar-refractivity contribution in [1.29, 1.82) is 5.26 Å². The van der Waals surface area contributed by atoms with Crippen LogP contribution in [-0.4, -0.2) is 6.10 Å². The second-order valence-electron chi connectivity index (χ2n) is 3.72. The summed E-state index contributed by atoms with van der Waals surface area (Å²) in [4.78, 5) is 0. The molecule has 0 aliphatic heterocycles. The molecule has 0 N–H and O–H groups in total. The fourth-order valence-electron chi connectivity index (χ4n) is 1.60. The number of nitriles is 1. The van der Waals surface area contributed by atoms with Crippen molar-refractivity contribution < 1.29 is 4.74 Å². The van der Waals surface area contributed by atoms with Gasteiger partial charge in [-0.3, -0.25) is 0 Å². The molecule has 2 heteroatoms. The van der Waals surface area contributed by atoms with Crippen molar-refractivity contribution in [3.63, 3.8) is 0 Å². The maximum atomic E-state index is 8.58. The molecule has 1 aromatic rings.